The number of carbonyl (C=O) groups is 1. The van der Waals surface area contributed by atoms with Crippen molar-refractivity contribution >= 4 is 6.03 Å². The average molecular weight is 296 g/mol. The molecule has 2 atom stereocenters. The molecular formula is C18H20N2O2. The maximum atomic E-state index is 10.9. The van der Waals surface area contributed by atoms with Crippen molar-refractivity contribution in [3.05, 3.63) is 60.2 Å². The molecule has 2 aromatic carbocycles. The SMILES string of the molecule is NC(=O)N[C@H]1CCC(c2cccc(Oc3ccccc3)c2)C1. The molecule has 0 saturated heterocycles. The second-order valence-electron chi connectivity index (χ2n) is 5.70. The van der Waals surface area contributed by atoms with Crippen molar-refractivity contribution in [2.75, 3.05) is 0 Å². The Labute approximate surface area is 130 Å². The van der Waals surface area contributed by atoms with Crippen molar-refractivity contribution in [1.82, 2.24) is 5.32 Å². The molecule has 0 bridgehead atoms. The van der Waals surface area contributed by atoms with Gasteiger partial charge in [0.1, 0.15) is 11.5 Å². The second kappa shape index (κ2) is 6.52. The number of para-hydroxylation sites is 1. The van der Waals surface area contributed by atoms with Crippen LogP contribution in [0.1, 0.15) is 30.7 Å². The van der Waals surface area contributed by atoms with Crippen LogP contribution in [0.2, 0.25) is 0 Å². The van der Waals surface area contributed by atoms with Crippen molar-refractivity contribution < 1.29 is 9.53 Å². The van der Waals surface area contributed by atoms with E-state index in [1.165, 1.54) is 5.56 Å². The third kappa shape index (κ3) is 3.58. The van der Waals surface area contributed by atoms with E-state index in [2.05, 4.69) is 17.4 Å². The highest BCUT2D eigenvalue weighted by Crippen LogP contribution is 2.36. The lowest BCUT2D eigenvalue weighted by Crippen LogP contribution is -2.36. The van der Waals surface area contributed by atoms with E-state index in [-0.39, 0.29) is 6.04 Å². The number of amides is 2. The zero-order valence-electron chi connectivity index (χ0n) is 12.4. The third-order valence-electron chi connectivity index (χ3n) is 4.09. The van der Waals surface area contributed by atoms with Gasteiger partial charge in [0.25, 0.3) is 0 Å². The van der Waals surface area contributed by atoms with Crippen molar-refractivity contribution in [2.45, 2.75) is 31.2 Å². The van der Waals surface area contributed by atoms with Crippen LogP contribution < -0.4 is 15.8 Å². The van der Waals surface area contributed by atoms with E-state index in [0.717, 1.165) is 30.8 Å². The summed E-state index contributed by atoms with van der Waals surface area (Å²) in [6.07, 6.45) is 2.95. The fourth-order valence-corrected chi connectivity index (χ4v) is 3.07. The number of primary amides is 1. The topological polar surface area (TPSA) is 64.4 Å². The highest BCUT2D eigenvalue weighted by molar-refractivity contribution is 5.72. The molecule has 3 rings (SSSR count). The summed E-state index contributed by atoms with van der Waals surface area (Å²) in [6.45, 7) is 0. The zero-order chi connectivity index (χ0) is 15.4. The fraction of sp³-hybridized carbons (Fsp3) is 0.278. The maximum Gasteiger partial charge on any atom is 0.312 e. The predicted octanol–water partition coefficient (Wildman–Crippen LogP) is 3.78. The standard InChI is InChI=1S/C18H20N2O2/c19-18(21)20-15-10-9-14(11-15)13-5-4-8-17(12-13)22-16-6-2-1-3-7-16/h1-8,12,14-15H,9-11H2,(H3,19,20,21)/t14?,15-/m0/s1. The largest absolute Gasteiger partial charge is 0.457 e. The highest BCUT2D eigenvalue weighted by atomic mass is 16.5. The summed E-state index contributed by atoms with van der Waals surface area (Å²) in [4.78, 5) is 10.9. The Morgan fingerprint density at radius 2 is 1.82 bits per heavy atom. The number of hydrogen-bond acceptors (Lipinski definition) is 2. The smallest absolute Gasteiger partial charge is 0.312 e. The van der Waals surface area contributed by atoms with E-state index in [1.807, 2.05) is 42.5 Å². The van der Waals surface area contributed by atoms with Crippen molar-refractivity contribution in [3.8, 4) is 11.5 Å². The van der Waals surface area contributed by atoms with Crippen LogP contribution in [-0.2, 0) is 0 Å². The monoisotopic (exact) mass is 296 g/mol. The summed E-state index contributed by atoms with van der Waals surface area (Å²) >= 11 is 0. The minimum Gasteiger partial charge on any atom is -0.457 e. The van der Waals surface area contributed by atoms with Gasteiger partial charge in [-0.2, -0.15) is 0 Å². The first-order valence-electron chi connectivity index (χ1n) is 7.59. The van der Waals surface area contributed by atoms with Crippen LogP contribution in [0.15, 0.2) is 54.6 Å². The molecule has 0 radical (unpaired) electrons. The van der Waals surface area contributed by atoms with Gasteiger partial charge in [0, 0.05) is 6.04 Å². The third-order valence-corrected chi connectivity index (χ3v) is 4.09. The van der Waals surface area contributed by atoms with Crippen molar-refractivity contribution in [1.29, 1.82) is 0 Å². The molecule has 0 aliphatic heterocycles. The molecule has 22 heavy (non-hydrogen) atoms. The predicted molar refractivity (Wildman–Crippen MR) is 86.1 cm³/mol. The van der Waals surface area contributed by atoms with Crippen LogP contribution in [0, 0.1) is 0 Å². The number of benzene rings is 2. The average Bonchev–Trinajstić information content (AvgIpc) is 2.96. The van der Waals surface area contributed by atoms with Gasteiger partial charge in [0.05, 0.1) is 0 Å². The van der Waals surface area contributed by atoms with Gasteiger partial charge in [-0.3, -0.25) is 0 Å². The van der Waals surface area contributed by atoms with Gasteiger partial charge >= 0.3 is 6.03 Å². The molecule has 1 aliphatic rings. The van der Waals surface area contributed by atoms with Gasteiger partial charge in [0.2, 0.25) is 0 Å². The number of urea groups is 1. The molecule has 1 saturated carbocycles. The first-order chi connectivity index (χ1) is 10.7. The van der Waals surface area contributed by atoms with Gasteiger partial charge in [-0.1, -0.05) is 30.3 Å². The molecule has 4 nitrogen and oxygen atoms in total. The molecule has 0 heterocycles. The van der Waals surface area contributed by atoms with E-state index in [9.17, 15) is 4.79 Å². The zero-order valence-corrected chi connectivity index (χ0v) is 12.4. The Hall–Kier alpha value is -2.49. The molecule has 1 fully saturated rings. The van der Waals surface area contributed by atoms with Crippen LogP contribution in [0.4, 0.5) is 4.79 Å². The quantitative estimate of drug-likeness (QED) is 0.901. The number of carbonyl (C=O) groups excluding carboxylic acids is 1. The molecule has 2 aromatic rings. The summed E-state index contributed by atoms with van der Waals surface area (Å²) in [7, 11) is 0. The van der Waals surface area contributed by atoms with Crippen LogP contribution in [0.3, 0.4) is 0 Å². The molecule has 1 aliphatic carbocycles. The molecular weight excluding hydrogens is 276 g/mol. The lowest BCUT2D eigenvalue weighted by Gasteiger charge is -2.13. The van der Waals surface area contributed by atoms with Crippen LogP contribution in [0.25, 0.3) is 0 Å². The number of ether oxygens (including phenoxy) is 1. The molecule has 0 aromatic heterocycles. The van der Waals surface area contributed by atoms with Crippen LogP contribution >= 0.6 is 0 Å². The van der Waals surface area contributed by atoms with E-state index < -0.39 is 6.03 Å². The van der Waals surface area contributed by atoms with Crippen LogP contribution in [-0.4, -0.2) is 12.1 Å². The Morgan fingerprint density at radius 1 is 1.05 bits per heavy atom. The Kier molecular flexibility index (Phi) is 4.28. The number of rotatable bonds is 4. The van der Waals surface area contributed by atoms with E-state index in [1.54, 1.807) is 0 Å². The lowest BCUT2D eigenvalue weighted by molar-refractivity contribution is 0.245. The summed E-state index contributed by atoms with van der Waals surface area (Å²) in [6, 6.07) is 17.7. The number of hydrogen-bond donors (Lipinski definition) is 2. The Bertz CT molecular complexity index is 643. The van der Waals surface area contributed by atoms with Crippen LogP contribution in [0.5, 0.6) is 11.5 Å². The van der Waals surface area contributed by atoms with Crippen molar-refractivity contribution in [2.24, 2.45) is 5.73 Å². The summed E-state index contributed by atoms with van der Waals surface area (Å²) in [5, 5.41) is 2.80. The van der Waals surface area contributed by atoms with Crippen molar-refractivity contribution in [3.63, 3.8) is 0 Å². The molecule has 0 spiro atoms. The lowest BCUT2D eigenvalue weighted by atomic mass is 9.97. The molecule has 4 heteroatoms. The highest BCUT2D eigenvalue weighted by Gasteiger charge is 2.26. The van der Waals surface area contributed by atoms with E-state index in [0.29, 0.717) is 5.92 Å². The molecule has 114 valence electrons. The first kappa shape index (κ1) is 14.4. The Morgan fingerprint density at radius 3 is 2.59 bits per heavy atom. The number of nitrogens with two attached hydrogens (primary N) is 1. The van der Waals surface area contributed by atoms with Gasteiger partial charge in [-0.15, -0.1) is 0 Å². The normalized spacial score (nSPS) is 20.5. The van der Waals surface area contributed by atoms with E-state index >= 15 is 0 Å². The summed E-state index contributed by atoms with van der Waals surface area (Å²) < 4.78 is 5.88. The van der Waals surface area contributed by atoms with Gasteiger partial charge < -0.3 is 15.8 Å². The molecule has 2 amide bonds. The number of nitrogens with one attached hydrogen (secondary N) is 1. The Balaban J connectivity index is 1.68. The van der Waals surface area contributed by atoms with Gasteiger partial charge in [-0.25, -0.2) is 4.79 Å². The van der Waals surface area contributed by atoms with E-state index in [4.69, 9.17) is 10.5 Å². The van der Waals surface area contributed by atoms with Gasteiger partial charge in [0.15, 0.2) is 0 Å². The first-order valence-corrected chi connectivity index (χ1v) is 7.59. The second-order valence-corrected chi connectivity index (χ2v) is 5.70. The maximum absolute atomic E-state index is 10.9. The summed E-state index contributed by atoms with van der Waals surface area (Å²) in [5.41, 5.74) is 6.45. The minimum absolute atomic E-state index is 0.182. The fourth-order valence-electron chi connectivity index (χ4n) is 3.07. The van der Waals surface area contributed by atoms with Gasteiger partial charge in [-0.05, 0) is 55.0 Å². The summed E-state index contributed by atoms with van der Waals surface area (Å²) in [5.74, 6) is 2.12. The molecule has 1 unspecified atom stereocenters. The minimum atomic E-state index is -0.438. The molecule has 3 N–H and O–H groups in total.